The van der Waals surface area contributed by atoms with Gasteiger partial charge in [0.1, 0.15) is 0 Å². The third kappa shape index (κ3) is 10.4. The van der Waals surface area contributed by atoms with E-state index in [4.69, 9.17) is 0 Å². The molecule has 0 amide bonds. The molecule has 0 bridgehead atoms. The van der Waals surface area contributed by atoms with E-state index in [1.165, 1.54) is 22.3 Å². The Hall–Kier alpha value is -3.28. The van der Waals surface area contributed by atoms with Crippen molar-refractivity contribution >= 4 is 0 Å². The Kier molecular flexibility index (Phi) is 14.3. The Morgan fingerprint density at radius 2 is 0.521 bits per heavy atom. The normalized spacial score (nSPS) is 22.6. The fraction of sp³-hybridized carbons (Fsp3) is 0.455. The van der Waals surface area contributed by atoms with Crippen molar-refractivity contribution in [2.24, 2.45) is 0 Å². The molecule has 0 aliphatic carbocycles. The minimum absolute atomic E-state index is 0.458. The fourth-order valence-electron chi connectivity index (χ4n) is 7.74. The van der Waals surface area contributed by atoms with Crippen molar-refractivity contribution in [1.82, 2.24) is 19.6 Å². The second-order valence-electron chi connectivity index (χ2n) is 13.9. The van der Waals surface area contributed by atoms with Gasteiger partial charge in [0, 0.05) is 76.5 Å². The molecule has 0 N–H and O–H groups in total. The van der Waals surface area contributed by atoms with Gasteiger partial charge in [0.05, 0.1) is 0 Å². The predicted octanol–water partition coefficient (Wildman–Crippen LogP) is 9.12. The Morgan fingerprint density at radius 3 is 0.688 bits per heavy atom. The van der Waals surface area contributed by atoms with Gasteiger partial charge in [-0.15, -0.1) is 0 Å². The monoisotopic (exact) mass is 644 g/mol. The lowest BCUT2D eigenvalue weighted by Gasteiger charge is -2.46. The summed E-state index contributed by atoms with van der Waals surface area (Å²) in [6.45, 7) is 17.9. The van der Waals surface area contributed by atoms with E-state index >= 15 is 0 Å². The van der Waals surface area contributed by atoms with Crippen LogP contribution in [0, 0.1) is 0 Å². The molecule has 1 aliphatic heterocycles. The van der Waals surface area contributed by atoms with Crippen molar-refractivity contribution in [3.8, 4) is 0 Å². The highest BCUT2D eigenvalue weighted by Crippen LogP contribution is 2.25. The average Bonchev–Trinajstić information content (AvgIpc) is 3.13. The van der Waals surface area contributed by atoms with E-state index in [9.17, 15) is 0 Å². The zero-order valence-corrected chi connectivity index (χ0v) is 30.1. The lowest BCUT2D eigenvalue weighted by Crippen LogP contribution is -2.57. The summed E-state index contributed by atoms with van der Waals surface area (Å²) in [7, 11) is 0. The smallest absolute Gasteiger partial charge is 0.0237 e. The number of hydrogen-bond donors (Lipinski definition) is 0. The van der Waals surface area contributed by atoms with E-state index in [0.717, 1.165) is 78.0 Å². The predicted molar refractivity (Wildman–Crippen MR) is 204 cm³/mol. The minimum atomic E-state index is 0.458. The van der Waals surface area contributed by atoms with Crippen LogP contribution >= 0.6 is 0 Å². The van der Waals surface area contributed by atoms with Gasteiger partial charge in [-0.2, -0.15) is 0 Å². The van der Waals surface area contributed by atoms with Crippen LogP contribution in [0.1, 0.15) is 75.6 Å². The first-order chi connectivity index (χ1) is 23.6. The van der Waals surface area contributed by atoms with E-state index in [-0.39, 0.29) is 0 Å². The van der Waals surface area contributed by atoms with Crippen LogP contribution in [-0.2, 0) is 26.2 Å². The maximum atomic E-state index is 2.84. The van der Waals surface area contributed by atoms with Crippen LogP contribution < -0.4 is 0 Å². The lowest BCUT2D eigenvalue weighted by molar-refractivity contribution is 0.0150. The summed E-state index contributed by atoms with van der Waals surface area (Å²) >= 11 is 0. The van der Waals surface area contributed by atoms with E-state index in [2.05, 4.69) is 169 Å². The van der Waals surface area contributed by atoms with E-state index < -0.39 is 0 Å². The van der Waals surface area contributed by atoms with Crippen molar-refractivity contribution in [2.45, 2.75) is 104 Å². The summed E-state index contributed by atoms with van der Waals surface area (Å²) in [5.74, 6) is 0. The number of nitrogens with zero attached hydrogens (tertiary/aromatic N) is 4. The highest BCUT2D eigenvalue weighted by Gasteiger charge is 2.33. The van der Waals surface area contributed by atoms with Crippen molar-refractivity contribution in [3.05, 3.63) is 144 Å². The number of benzene rings is 4. The highest BCUT2D eigenvalue weighted by atomic mass is 15.3. The van der Waals surface area contributed by atoms with Crippen LogP contribution in [0.15, 0.2) is 121 Å². The van der Waals surface area contributed by atoms with Gasteiger partial charge in [-0.25, -0.2) is 0 Å². The molecule has 48 heavy (non-hydrogen) atoms. The Bertz CT molecular complexity index is 1190. The van der Waals surface area contributed by atoms with Gasteiger partial charge in [-0.05, 0) is 47.9 Å². The molecule has 0 radical (unpaired) electrons. The largest absolute Gasteiger partial charge is 0.293 e. The molecule has 0 aromatic heterocycles. The van der Waals surface area contributed by atoms with Gasteiger partial charge < -0.3 is 0 Å². The summed E-state index contributed by atoms with van der Waals surface area (Å²) in [6, 6.07) is 46.6. The Balaban J connectivity index is 1.57. The molecular formula is C44H60N4. The van der Waals surface area contributed by atoms with Crippen LogP contribution in [-0.4, -0.2) is 69.9 Å². The SMILES string of the molecule is CC[C@@H]1CN(Cc2ccccc2)[C@H](CC)CN(Cc2ccccc2)[C@H](CC)CN(Cc2ccccc2)[C@H](CC)CN1Cc1ccccc1. The Morgan fingerprint density at radius 1 is 0.333 bits per heavy atom. The van der Waals surface area contributed by atoms with Gasteiger partial charge in [0.2, 0.25) is 0 Å². The van der Waals surface area contributed by atoms with Crippen LogP contribution in [0.25, 0.3) is 0 Å². The van der Waals surface area contributed by atoms with E-state index in [1.54, 1.807) is 0 Å². The third-order valence-electron chi connectivity index (χ3n) is 10.6. The quantitative estimate of drug-likeness (QED) is 0.153. The zero-order valence-electron chi connectivity index (χ0n) is 30.1. The summed E-state index contributed by atoms with van der Waals surface area (Å²) in [5, 5.41) is 0. The van der Waals surface area contributed by atoms with Crippen molar-refractivity contribution < 1.29 is 0 Å². The fourth-order valence-corrected chi connectivity index (χ4v) is 7.74. The molecule has 1 saturated heterocycles. The molecular weight excluding hydrogens is 585 g/mol. The topological polar surface area (TPSA) is 13.0 Å². The number of rotatable bonds is 12. The molecule has 0 unspecified atom stereocenters. The standard InChI is InChI=1S/C44H60N4/c1-5-41-33-46(30-38-23-15-10-16-24-38)43(7-3)35-48(32-40-27-19-12-20-28-40)44(8-4)36-47(31-39-25-17-11-18-26-39)42(6-2)34-45(41)29-37-21-13-9-14-22-37/h9-28,41-44H,5-8,29-36H2,1-4H3/t41-,42-,43-,44-/m1/s1. The molecule has 0 saturated carbocycles. The first-order valence-corrected chi connectivity index (χ1v) is 18.7. The molecule has 4 heteroatoms. The van der Waals surface area contributed by atoms with Gasteiger partial charge in [0.25, 0.3) is 0 Å². The van der Waals surface area contributed by atoms with Gasteiger partial charge >= 0.3 is 0 Å². The zero-order chi connectivity index (χ0) is 33.6. The first kappa shape index (κ1) is 36.0. The summed E-state index contributed by atoms with van der Waals surface area (Å²) in [4.78, 5) is 11.4. The lowest BCUT2D eigenvalue weighted by atomic mass is 10.0. The van der Waals surface area contributed by atoms with Crippen LogP contribution in [0.3, 0.4) is 0 Å². The second-order valence-corrected chi connectivity index (χ2v) is 13.9. The van der Waals surface area contributed by atoms with Crippen LogP contribution in [0.4, 0.5) is 0 Å². The number of hydrogen-bond acceptors (Lipinski definition) is 4. The molecule has 4 nitrogen and oxygen atoms in total. The summed E-state index contributed by atoms with van der Waals surface area (Å²) in [5.41, 5.74) is 5.65. The molecule has 4 aromatic carbocycles. The molecule has 5 rings (SSSR count). The van der Waals surface area contributed by atoms with E-state index in [0.29, 0.717) is 24.2 Å². The molecule has 1 fully saturated rings. The molecule has 4 atom stereocenters. The van der Waals surface area contributed by atoms with Crippen molar-refractivity contribution in [3.63, 3.8) is 0 Å². The van der Waals surface area contributed by atoms with Gasteiger partial charge in [0.15, 0.2) is 0 Å². The van der Waals surface area contributed by atoms with Crippen molar-refractivity contribution in [1.29, 1.82) is 0 Å². The van der Waals surface area contributed by atoms with Crippen LogP contribution in [0.2, 0.25) is 0 Å². The molecule has 1 aliphatic rings. The molecule has 0 spiro atoms. The highest BCUT2D eigenvalue weighted by molar-refractivity contribution is 5.18. The molecule has 256 valence electrons. The Labute approximate surface area is 292 Å². The maximum Gasteiger partial charge on any atom is 0.0237 e. The van der Waals surface area contributed by atoms with E-state index in [1.807, 2.05) is 0 Å². The minimum Gasteiger partial charge on any atom is -0.293 e. The van der Waals surface area contributed by atoms with Crippen molar-refractivity contribution in [2.75, 3.05) is 26.2 Å². The summed E-state index contributed by atoms with van der Waals surface area (Å²) in [6.07, 6.45) is 4.54. The maximum absolute atomic E-state index is 2.84. The molecule has 4 aromatic rings. The third-order valence-corrected chi connectivity index (χ3v) is 10.6. The summed E-state index contributed by atoms with van der Waals surface area (Å²) < 4.78 is 0. The van der Waals surface area contributed by atoms with Crippen LogP contribution in [0.5, 0.6) is 0 Å². The first-order valence-electron chi connectivity index (χ1n) is 18.7. The second kappa shape index (κ2) is 19.0. The average molecular weight is 645 g/mol. The van der Waals surface area contributed by atoms with Gasteiger partial charge in [-0.3, -0.25) is 19.6 Å². The molecule has 1 heterocycles. The van der Waals surface area contributed by atoms with Gasteiger partial charge in [-0.1, -0.05) is 149 Å².